The summed E-state index contributed by atoms with van der Waals surface area (Å²) in [7, 11) is 0. The number of amides is 1. The monoisotopic (exact) mass is 347 g/mol. The Kier molecular flexibility index (Phi) is 4.39. The van der Waals surface area contributed by atoms with Crippen LogP contribution in [0.1, 0.15) is 28.9 Å². The molecule has 2 N–H and O–H groups in total. The highest BCUT2D eigenvalue weighted by Crippen LogP contribution is 2.31. The highest BCUT2D eigenvalue weighted by molar-refractivity contribution is 9.10. The Morgan fingerprint density at radius 2 is 2.30 bits per heavy atom. The van der Waals surface area contributed by atoms with Crippen molar-refractivity contribution in [3.05, 3.63) is 28.0 Å². The number of aryl methyl sites for hydroxylation is 1. The van der Waals surface area contributed by atoms with Gasteiger partial charge in [-0.3, -0.25) is 4.79 Å². The molecule has 1 aliphatic rings. The molecule has 4 nitrogen and oxygen atoms in total. The van der Waals surface area contributed by atoms with Crippen LogP contribution in [0, 0.1) is 6.92 Å². The van der Waals surface area contributed by atoms with Gasteiger partial charge in [-0.25, -0.2) is 13.8 Å². The second-order valence-corrected chi connectivity index (χ2v) is 5.83. The van der Waals surface area contributed by atoms with Crippen LogP contribution in [0.2, 0.25) is 0 Å². The molecule has 1 aliphatic heterocycles. The van der Waals surface area contributed by atoms with Gasteiger partial charge < -0.3 is 10.6 Å². The van der Waals surface area contributed by atoms with Crippen molar-refractivity contribution in [1.29, 1.82) is 0 Å². The van der Waals surface area contributed by atoms with Gasteiger partial charge in [0.1, 0.15) is 10.3 Å². The summed E-state index contributed by atoms with van der Waals surface area (Å²) in [4.78, 5) is 17.7. The predicted molar refractivity (Wildman–Crippen MR) is 74.7 cm³/mol. The Balaban J connectivity index is 2.31. The van der Waals surface area contributed by atoms with Crippen LogP contribution in [0.3, 0.4) is 0 Å². The maximum atomic E-state index is 13.6. The van der Waals surface area contributed by atoms with Crippen molar-refractivity contribution in [2.75, 3.05) is 13.1 Å². The first-order valence-corrected chi connectivity index (χ1v) is 7.15. The normalized spacial score (nSPS) is 21.9. The molecule has 110 valence electrons. The summed E-state index contributed by atoms with van der Waals surface area (Å²) in [5, 5.41) is 0. The summed E-state index contributed by atoms with van der Waals surface area (Å²) in [5.74, 6) is -3.35. The zero-order valence-corrected chi connectivity index (χ0v) is 12.7. The smallest absolute Gasteiger partial charge is 0.273 e. The van der Waals surface area contributed by atoms with Crippen LogP contribution < -0.4 is 5.73 Å². The van der Waals surface area contributed by atoms with E-state index in [2.05, 4.69) is 20.9 Å². The summed E-state index contributed by atoms with van der Waals surface area (Å²) in [6.07, 6.45) is -0.0220. The molecule has 1 aromatic heterocycles. The number of likely N-dealkylation sites (tertiary alicyclic amines) is 1. The molecule has 0 bridgehead atoms. The summed E-state index contributed by atoms with van der Waals surface area (Å²) in [5.41, 5.74) is 6.44. The topological polar surface area (TPSA) is 59.2 Å². The number of rotatable bonds is 2. The lowest BCUT2D eigenvalue weighted by Crippen LogP contribution is -2.54. The first-order chi connectivity index (χ1) is 9.34. The van der Waals surface area contributed by atoms with E-state index >= 15 is 0 Å². The van der Waals surface area contributed by atoms with E-state index in [1.807, 2.05) is 0 Å². The molecule has 1 amide bonds. The van der Waals surface area contributed by atoms with E-state index < -0.39 is 18.4 Å². The molecule has 0 saturated carbocycles. The molecule has 0 radical (unpaired) electrons. The molecule has 7 heteroatoms. The molecule has 2 rings (SSSR count). The fourth-order valence-electron chi connectivity index (χ4n) is 2.33. The Hall–Kier alpha value is -1.08. The van der Waals surface area contributed by atoms with Gasteiger partial charge in [0.2, 0.25) is 0 Å². The largest absolute Gasteiger partial charge is 0.328 e. The maximum absolute atomic E-state index is 13.6. The second kappa shape index (κ2) is 5.73. The number of nitrogens with zero attached hydrogens (tertiary/aromatic N) is 2. The fraction of sp³-hybridized carbons (Fsp3) is 0.538. The van der Waals surface area contributed by atoms with Gasteiger partial charge in [0.25, 0.3) is 11.8 Å². The van der Waals surface area contributed by atoms with Crippen LogP contribution in [-0.2, 0) is 0 Å². The number of aromatic nitrogens is 1. The third kappa shape index (κ3) is 3.15. The van der Waals surface area contributed by atoms with Crippen molar-refractivity contribution in [2.45, 2.75) is 31.7 Å². The van der Waals surface area contributed by atoms with Crippen LogP contribution in [0.15, 0.2) is 16.7 Å². The predicted octanol–water partition coefficient (Wildman–Crippen LogP) is 2.35. The first kappa shape index (κ1) is 15.3. The Labute approximate surface area is 124 Å². The van der Waals surface area contributed by atoms with Crippen LogP contribution in [0.4, 0.5) is 8.78 Å². The number of alkyl halides is 2. The molecule has 1 saturated heterocycles. The van der Waals surface area contributed by atoms with Gasteiger partial charge in [-0.2, -0.15) is 0 Å². The Bertz CT molecular complexity index is 524. The summed E-state index contributed by atoms with van der Waals surface area (Å²) in [6.45, 7) is 1.31. The Morgan fingerprint density at radius 1 is 1.60 bits per heavy atom. The molecule has 1 fully saturated rings. The fourth-order valence-corrected chi connectivity index (χ4v) is 2.64. The van der Waals surface area contributed by atoms with Crippen LogP contribution in [0.25, 0.3) is 0 Å². The standard InChI is InChI=1S/C13H16BrF2N3O/c1-8-2-3-10(14)18-11(8)12(20)19-7-13(15,16)5-4-9(19)6-17/h2-3,9H,4-7,17H2,1H3/t9-/m1/s1. The van der Waals surface area contributed by atoms with Crippen molar-refractivity contribution in [3.63, 3.8) is 0 Å². The number of pyridine rings is 1. The lowest BCUT2D eigenvalue weighted by Gasteiger charge is -2.39. The Morgan fingerprint density at radius 3 is 2.95 bits per heavy atom. The van der Waals surface area contributed by atoms with E-state index in [0.29, 0.717) is 10.2 Å². The lowest BCUT2D eigenvalue weighted by atomic mass is 9.98. The minimum absolute atomic E-state index is 0.175. The third-order valence-electron chi connectivity index (χ3n) is 3.48. The average molecular weight is 348 g/mol. The quantitative estimate of drug-likeness (QED) is 0.835. The number of nitrogens with two attached hydrogens (primary N) is 1. The van der Waals surface area contributed by atoms with Crippen LogP contribution in [0.5, 0.6) is 0 Å². The van der Waals surface area contributed by atoms with Crippen molar-refractivity contribution in [2.24, 2.45) is 5.73 Å². The number of hydrogen-bond donors (Lipinski definition) is 1. The van der Waals surface area contributed by atoms with Gasteiger partial charge in [-0.05, 0) is 40.9 Å². The van der Waals surface area contributed by atoms with Crippen molar-refractivity contribution >= 4 is 21.8 Å². The van der Waals surface area contributed by atoms with Crippen LogP contribution >= 0.6 is 15.9 Å². The molecule has 2 heterocycles. The number of carbonyl (C=O) groups is 1. The summed E-state index contributed by atoms with van der Waals surface area (Å²) >= 11 is 3.19. The molecule has 20 heavy (non-hydrogen) atoms. The summed E-state index contributed by atoms with van der Waals surface area (Å²) in [6, 6.07) is 3.07. The summed E-state index contributed by atoms with van der Waals surface area (Å²) < 4.78 is 27.6. The molecular weight excluding hydrogens is 332 g/mol. The molecule has 1 atom stereocenters. The molecule has 1 aromatic rings. The minimum Gasteiger partial charge on any atom is -0.328 e. The minimum atomic E-state index is -2.86. The third-order valence-corrected chi connectivity index (χ3v) is 3.93. The van der Waals surface area contributed by atoms with E-state index in [4.69, 9.17) is 5.73 Å². The molecule has 0 aliphatic carbocycles. The van der Waals surface area contributed by atoms with Crippen molar-refractivity contribution in [3.8, 4) is 0 Å². The number of halogens is 3. The number of piperidine rings is 1. The van der Waals surface area contributed by atoms with E-state index in [9.17, 15) is 13.6 Å². The molecule has 0 unspecified atom stereocenters. The SMILES string of the molecule is Cc1ccc(Br)nc1C(=O)N1CC(F)(F)CC[C@@H]1CN. The van der Waals surface area contributed by atoms with E-state index in [1.54, 1.807) is 19.1 Å². The maximum Gasteiger partial charge on any atom is 0.273 e. The van der Waals surface area contributed by atoms with Gasteiger partial charge >= 0.3 is 0 Å². The van der Waals surface area contributed by atoms with Gasteiger partial charge in [0.05, 0.1) is 6.54 Å². The van der Waals surface area contributed by atoms with E-state index in [-0.39, 0.29) is 31.1 Å². The lowest BCUT2D eigenvalue weighted by molar-refractivity contribution is -0.0708. The van der Waals surface area contributed by atoms with Gasteiger partial charge in [0, 0.05) is 19.0 Å². The first-order valence-electron chi connectivity index (χ1n) is 6.36. The van der Waals surface area contributed by atoms with Crippen LogP contribution in [-0.4, -0.2) is 40.8 Å². The highest BCUT2D eigenvalue weighted by atomic mass is 79.9. The highest BCUT2D eigenvalue weighted by Gasteiger charge is 2.42. The molecular formula is C13H16BrF2N3O. The molecule has 0 spiro atoms. The van der Waals surface area contributed by atoms with E-state index in [0.717, 1.165) is 4.90 Å². The van der Waals surface area contributed by atoms with Gasteiger partial charge in [-0.1, -0.05) is 6.07 Å². The molecule has 0 aromatic carbocycles. The average Bonchev–Trinajstić information content (AvgIpc) is 2.40. The number of carbonyl (C=O) groups excluding carboxylic acids is 1. The zero-order chi connectivity index (χ0) is 14.9. The van der Waals surface area contributed by atoms with Gasteiger partial charge in [-0.15, -0.1) is 0 Å². The van der Waals surface area contributed by atoms with Crippen molar-refractivity contribution < 1.29 is 13.6 Å². The second-order valence-electron chi connectivity index (χ2n) is 5.02. The number of hydrogen-bond acceptors (Lipinski definition) is 3. The zero-order valence-electron chi connectivity index (χ0n) is 11.1. The van der Waals surface area contributed by atoms with Gasteiger partial charge in [0.15, 0.2) is 0 Å². The van der Waals surface area contributed by atoms with Crippen molar-refractivity contribution in [1.82, 2.24) is 9.88 Å². The van der Waals surface area contributed by atoms with E-state index in [1.165, 1.54) is 0 Å².